The van der Waals surface area contributed by atoms with Gasteiger partial charge in [0.2, 0.25) is 5.91 Å². The zero-order chi connectivity index (χ0) is 17.3. The summed E-state index contributed by atoms with van der Waals surface area (Å²) in [6.45, 7) is 8.44. The van der Waals surface area contributed by atoms with Gasteiger partial charge in [0.05, 0.1) is 5.41 Å². The number of anilines is 1. The molecule has 1 atom stereocenters. The van der Waals surface area contributed by atoms with E-state index in [0.717, 1.165) is 11.1 Å². The molecule has 0 saturated carbocycles. The molecule has 2 aromatic rings. The van der Waals surface area contributed by atoms with Gasteiger partial charge in [0.15, 0.2) is 0 Å². The standard InChI is InChI=1S/C20H26N2O/c1-19(2,3)15-7-5-14(6-8-15)13-20(4,18(22)23)16-9-11-17(21)12-10-16/h5-12H,13,21H2,1-4H3,(H2,22,23). The molecule has 0 aliphatic rings. The maximum absolute atomic E-state index is 12.1. The molecule has 0 radical (unpaired) electrons. The lowest BCUT2D eigenvalue weighted by molar-refractivity contribution is -0.123. The molecular weight excluding hydrogens is 284 g/mol. The predicted molar refractivity (Wildman–Crippen MR) is 96.2 cm³/mol. The Morgan fingerprint density at radius 3 is 1.78 bits per heavy atom. The van der Waals surface area contributed by atoms with Crippen LogP contribution in [0, 0.1) is 0 Å². The number of amides is 1. The van der Waals surface area contributed by atoms with E-state index in [4.69, 9.17) is 11.5 Å². The molecule has 0 bridgehead atoms. The predicted octanol–water partition coefficient (Wildman–Crippen LogP) is 3.55. The highest BCUT2D eigenvalue weighted by atomic mass is 16.1. The topological polar surface area (TPSA) is 69.1 Å². The summed E-state index contributed by atoms with van der Waals surface area (Å²) >= 11 is 0. The average molecular weight is 310 g/mol. The van der Waals surface area contributed by atoms with Gasteiger partial charge in [0.1, 0.15) is 0 Å². The Hall–Kier alpha value is -2.29. The van der Waals surface area contributed by atoms with Crippen molar-refractivity contribution in [3.05, 3.63) is 65.2 Å². The average Bonchev–Trinajstić information content (AvgIpc) is 2.47. The molecule has 0 aromatic heterocycles. The van der Waals surface area contributed by atoms with Crippen LogP contribution in [0.1, 0.15) is 44.4 Å². The van der Waals surface area contributed by atoms with Crippen molar-refractivity contribution in [2.45, 2.75) is 44.9 Å². The lowest BCUT2D eigenvalue weighted by Crippen LogP contribution is -2.40. The molecule has 3 heteroatoms. The normalized spacial score (nSPS) is 14.3. The third-order valence-corrected chi connectivity index (χ3v) is 4.47. The van der Waals surface area contributed by atoms with Gasteiger partial charge in [-0.15, -0.1) is 0 Å². The molecule has 0 fully saturated rings. The fourth-order valence-corrected chi connectivity index (χ4v) is 2.71. The van der Waals surface area contributed by atoms with Crippen LogP contribution in [-0.4, -0.2) is 5.91 Å². The Balaban J connectivity index is 2.33. The minimum Gasteiger partial charge on any atom is -0.399 e. The van der Waals surface area contributed by atoms with Gasteiger partial charge in [0, 0.05) is 5.69 Å². The summed E-state index contributed by atoms with van der Waals surface area (Å²) in [4.78, 5) is 12.1. The van der Waals surface area contributed by atoms with Crippen molar-refractivity contribution < 1.29 is 4.79 Å². The zero-order valence-corrected chi connectivity index (χ0v) is 14.4. The maximum atomic E-state index is 12.1. The van der Waals surface area contributed by atoms with Gasteiger partial charge in [-0.25, -0.2) is 0 Å². The van der Waals surface area contributed by atoms with Gasteiger partial charge in [-0.3, -0.25) is 4.79 Å². The van der Waals surface area contributed by atoms with Crippen LogP contribution in [0.2, 0.25) is 0 Å². The van der Waals surface area contributed by atoms with Crippen molar-refractivity contribution in [2.24, 2.45) is 5.73 Å². The van der Waals surface area contributed by atoms with Crippen molar-refractivity contribution in [3.8, 4) is 0 Å². The highest BCUT2D eigenvalue weighted by molar-refractivity contribution is 5.86. The summed E-state index contributed by atoms with van der Waals surface area (Å²) in [5.74, 6) is -0.331. The number of hydrogen-bond donors (Lipinski definition) is 2. The van der Waals surface area contributed by atoms with Gasteiger partial charge < -0.3 is 11.5 Å². The molecule has 23 heavy (non-hydrogen) atoms. The van der Waals surface area contributed by atoms with Crippen LogP contribution < -0.4 is 11.5 Å². The van der Waals surface area contributed by atoms with Crippen LogP contribution in [0.3, 0.4) is 0 Å². The van der Waals surface area contributed by atoms with E-state index in [-0.39, 0.29) is 11.3 Å². The van der Waals surface area contributed by atoms with Gasteiger partial charge in [-0.2, -0.15) is 0 Å². The third-order valence-electron chi connectivity index (χ3n) is 4.47. The first-order valence-corrected chi connectivity index (χ1v) is 7.88. The molecule has 0 aliphatic heterocycles. The Labute approximate surface area is 138 Å². The quantitative estimate of drug-likeness (QED) is 0.848. The number of primary amides is 1. The van der Waals surface area contributed by atoms with Crippen molar-refractivity contribution in [3.63, 3.8) is 0 Å². The van der Waals surface area contributed by atoms with E-state index >= 15 is 0 Å². The Kier molecular flexibility index (Phi) is 4.51. The highest BCUT2D eigenvalue weighted by Gasteiger charge is 2.33. The first kappa shape index (κ1) is 17.1. The Morgan fingerprint density at radius 1 is 0.870 bits per heavy atom. The number of carbonyl (C=O) groups is 1. The van der Waals surface area contributed by atoms with Gasteiger partial charge >= 0.3 is 0 Å². The summed E-state index contributed by atoms with van der Waals surface area (Å²) in [7, 11) is 0. The fraction of sp³-hybridized carbons (Fsp3) is 0.350. The summed E-state index contributed by atoms with van der Waals surface area (Å²) in [5, 5.41) is 0. The van der Waals surface area contributed by atoms with Gasteiger partial charge in [-0.05, 0) is 47.6 Å². The summed E-state index contributed by atoms with van der Waals surface area (Å²) < 4.78 is 0. The van der Waals surface area contributed by atoms with Crippen molar-refractivity contribution in [1.29, 1.82) is 0 Å². The number of carbonyl (C=O) groups excluding carboxylic acids is 1. The highest BCUT2D eigenvalue weighted by Crippen LogP contribution is 2.30. The van der Waals surface area contributed by atoms with Crippen LogP contribution in [0.25, 0.3) is 0 Å². The molecule has 1 unspecified atom stereocenters. The van der Waals surface area contributed by atoms with Crippen LogP contribution in [0.4, 0.5) is 5.69 Å². The fourth-order valence-electron chi connectivity index (χ4n) is 2.71. The molecule has 0 heterocycles. The number of rotatable bonds is 4. The van der Waals surface area contributed by atoms with Gasteiger partial charge in [0.25, 0.3) is 0 Å². The molecule has 2 rings (SSSR count). The molecule has 0 aliphatic carbocycles. The van der Waals surface area contributed by atoms with Crippen LogP contribution in [0.5, 0.6) is 0 Å². The molecule has 4 N–H and O–H groups in total. The Morgan fingerprint density at radius 2 is 1.35 bits per heavy atom. The second kappa shape index (κ2) is 6.07. The van der Waals surface area contributed by atoms with E-state index < -0.39 is 5.41 Å². The molecule has 122 valence electrons. The lowest BCUT2D eigenvalue weighted by atomic mass is 9.76. The summed E-state index contributed by atoms with van der Waals surface area (Å²) in [5.41, 5.74) is 14.7. The monoisotopic (exact) mass is 310 g/mol. The van der Waals surface area contributed by atoms with Crippen molar-refractivity contribution in [2.75, 3.05) is 5.73 Å². The van der Waals surface area contributed by atoms with Crippen LogP contribution in [-0.2, 0) is 22.0 Å². The van der Waals surface area contributed by atoms with Crippen LogP contribution >= 0.6 is 0 Å². The largest absolute Gasteiger partial charge is 0.399 e. The molecular formula is C20H26N2O. The number of hydrogen-bond acceptors (Lipinski definition) is 2. The second-order valence-electron chi connectivity index (χ2n) is 7.44. The maximum Gasteiger partial charge on any atom is 0.228 e. The first-order chi connectivity index (χ1) is 10.6. The lowest BCUT2D eigenvalue weighted by Gasteiger charge is -2.27. The minimum absolute atomic E-state index is 0.114. The van der Waals surface area contributed by atoms with Crippen molar-refractivity contribution in [1.82, 2.24) is 0 Å². The van der Waals surface area contributed by atoms with Crippen molar-refractivity contribution >= 4 is 11.6 Å². The number of nitrogen functional groups attached to an aromatic ring is 1. The molecule has 0 spiro atoms. The van der Waals surface area contributed by atoms with E-state index in [0.29, 0.717) is 12.1 Å². The number of nitrogens with two attached hydrogens (primary N) is 2. The van der Waals surface area contributed by atoms with Crippen LogP contribution in [0.15, 0.2) is 48.5 Å². The SMILES string of the molecule is CC(C)(C)c1ccc(CC(C)(C(N)=O)c2ccc(N)cc2)cc1. The third kappa shape index (κ3) is 3.73. The summed E-state index contributed by atoms with van der Waals surface area (Å²) in [6.07, 6.45) is 0.566. The molecule has 0 saturated heterocycles. The van der Waals surface area contributed by atoms with E-state index in [2.05, 4.69) is 45.0 Å². The Bertz CT molecular complexity index is 681. The van der Waals surface area contributed by atoms with E-state index in [1.807, 2.05) is 19.1 Å². The van der Waals surface area contributed by atoms with E-state index in [1.54, 1.807) is 12.1 Å². The smallest absolute Gasteiger partial charge is 0.228 e. The van der Waals surface area contributed by atoms with Gasteiger partial charge in [-0.1, -0.05) is 57.2 Å². The van der Waals surface area contributed by atoms with E-state index in [1.165, 1.54) is 5.56 Å². The zero-order valence-electron chi connectivity index (χ0n) is 14.4. The molecule has 2 aromatic carbocycles. The molecule has 1 amide bonds. The summed E-state index contributed by atoms with van der Waals surface area (Å²) in [6, 6.07) is 15.8. The second-order valence-corrected chi connectivity index (χ2v) is 7.44. The number of benzene rings is 2. The minimum atomic E-state index is -0.753. The first-order valence-electron chi connectivity index (χ1n) is 7.88. The van der Waals surface area contributed by atoms with E-state index in [9.17, 15) is 4.79 Å². The molecule has 3 nitrogen and oxygen atoms in total.